The van der Waals surface area contributed by atoms with E-state index in [0.29, 0.717) is 23.9 Å². The Kier molecular flexibility index (Phi) is 4.73. The molecule has 3 heteroatoms. The van der Waals surface area contributed by atoms with E-state index in [9.17, 15) is 4.79 Å². The maximum Gasteiger partial charge on any atom is 0.309 e. The summed E-state index contributed by atoms with van der Waals surface area (Å²) in [5, 5.41) is 3.72. The molecule has 2 aliphatic heterocycles. The smallest absolute Gasteiger partial charge is 0.309 e. The van der Waals surface area contributed by atoms with Crippen molar-refractivity contribution in [1.29, 1.82) is 0 Å². The van der Waals surface area contributed by atoms with E-state index in [1.807, 2.05) is 0 Å². The zero-order valence-electron chi connectivity index (χ0n) is 15.2. The van der Waals surface area contributed by atoms with Crippen LogP contribution in [-0.2, 0) is 9.53 Å². The summed E-state index contributed by atoms with van der Waals surface area (Å²) in [7, 11) is 0. The zero-order chi connectivity index (χ0) is 16.7. The molecule has 0 spiro atoms. The van der Waals surface area contributed by atoms with Gasteiger partial charge in [0.2, 0.25) is 0 Å². The van der Waals surface area contributed by atoms with Gasteiger partial charge >= 0.3 is 5.97 Å². The van der Waals surface area contributed by atoms with Gasteiger partial charge in [0.25, 0.3) is 0 Å². The average Bonchev–Trinajstić information content (AvgIpc) is 2.86. The number of rotatable bonds is 2. The summed E-state index contributed by atoms with van der Waals surface area (Å²) in [6, 6.07) is 1.15. The molecule has 3 nitrogen and oxygen atoms in total. The third kappa shape index (κ3) is 3.05. The molecule has 2 saturated heterocycles. The molecule has 2 aliphatic carbocycles. The first-order valence-electron chi connectivity index (χ1n) is 10.3. The number of carbonyl (C=O) groups excluding carboxylic acids is 1. The Labute approximate surface area is 146 Å². The van der Waals surface area contributed by atoms with Crippen molar-refractivity contribution in [2.45, 2.75) is 83.4 Å². The Morgan fingerprint density at radius 1 is 1.04 bits per heavy atom. The molecule has 4 aliphatic rings. The Morgan fingerprint density at radius 2 is 1.88 bits per heavy atom. The van der Waals surface area contributed by atoms with Crippen molar-refractivity contribution in [1.82, 2.24) is 5.32 Å². The lowest BCUT2D eigenvalue weighted by Crippen LogP contribution is -2.43. The molecule has 4 fully saturated rings. The number of carbonyl (C=O) groups is 1. The van der Waals surface area contributed by atoms with Gasteiger partial charge in [-0.15, -0.1) is 0 Å². The van der Waals surface area contributed by atoms with Gasteiger partial charge in [0.1, 0.15) is 6.10 Å². The molecule has 134 valence electrons. The minimum Gasteiger partial charge on any atom is -0.462 e. The molecular weight excluding hydrogens is 298 g/mol. The summed E-state index contributed by atoms with van der Waals surface area (Å²) in [5.74, 6) is 2.70. The molecule has 8 atom stereocenters. The Hall–Kier alpha value is -0.830. The number of cyclic esters (lactones) is 1. The molecule has 0 aromatic rings. The van der Waals surface area contributed by atoms with Crippen LogP contribution in [0.1, 0.15) is 65.2 Å². The van der Waals surface area contributed by atoms with Crippen molar-refractivity contribution < 1.29 is 9.53 Å². The van der Waals surface area contributed by atoms with E-state index in [0.717, 1.165) is 18.3 Å². The number of nitrogens with one attached hydrogen (secondary N) is 1. The summed E-state index contributed by atoms with van der Waals surface area (Å²) < 4.78 is 5.66. The summed E-state index contributed by atoms with van der Waals surface area (Å²) in [5.41, 5.74) is 0. The first kappa shape index (κ1) is 16.6. The minimum absolute atomic E-state index is 0.0827. The van der Waals surface area contributed by atoms with Crippen molar-refractivity contribution in [2.75, 3.05) is 0 Å². The van der Waals surface area contributed by atoms with Crippen LogP contribution >= 0.6 is 0 Å². The standard InChI is InChI=1S/C21H33NO2/c1-13-6-5-8-16(22-13)10-11-18-17-9-4-3-7-15(17)12-19-20(18)14(2)24-21(19)23/h10-11,13-20,22H,3-9,12H2,1-2H3/b11-10+/t13-,14+,15-,16-,17+,18-,19+,20-/m1/s1. The molecule has 4 rings (SSSR count). The fraction of sp³-hybridized carbons (Fsp3) is 0.857. The first-order chi connectivity index (χ1) is 11.6. The van der Waals surface area contributed by atoms with Gasteiger partial charge in [0, 0.05) is 18.0 Å². The maximum absolute atomic E-state index is 12.3. The number of allylic oxidation sites excluding steroid dienone is 1. The van der Waals surface area contributed by atoms with E-state index in [1.165, 1.54) is 44.9 Å². The topological polar surface area (TPSA) is 38.3 Å². The van der Waals surface area contributed by atoms with Crippen LogP contribution in [0.15, 0.2) is 12.2 Å². The Morgan fingerprint density at radius 3 is 2.71 bits per heavy atom. The highest BCUT2D eigenvalue weighted by Crippen LogP contribution is 2.53. The van der Waals surface area contributed by atoms with Gasteiger partial charge in [-0.05, 0) is 57.3 Å². The normalized spacial score (nSPS) is 48.8. The molecule has 0 radical (unpaired) electrons. The lowest BCUT2D eigenvalue weighted by Gasteiger charge is -2.46. The van der Waals surface area contributed by atoms with Crippen LogP contribution in [0.25, 0.3) is 0 Å². The summed E-state index contributed by atoms with van der Waals surface area (Å²) in [6.07, 6.45) is 15.4. The minimum atomic E-state index is 0.0827. The second-order valence-corrected chi connectivity index (χ2v) is 8.84. The summed E-state index contributed by atoms with van der Waals surface area (Å²) in [4.78, 5) is 12.3. The van der Waals surface area contributed by atoms with E-state index >= 15 is 0 Å². The van der Waals surface area contributed by atoms with Crippen LogP contribution in [0.4, 0.5) is 0 Å². The Balaban J connectivity index is 1.55. The van der Waals surface area contributed by atoms with Gasteiger partial charge in [-0.1, -0.05) is 37.8 Å². The second-order valence-electron chi connectivity index (χ2n) is 8.84. The predicted molar refractivity (Wildman–Crippen MR) is 95.5 cm³/mol. The molecule has 2 saturated carbocycles. The third-order valence-corrected chi connectivity index (χ3v) is 7.29. The van der Waals surface area contributed by atoms with Crippen molar-refractivity contribution in [3.63, 3.8) is 0 Å². The number of esters is 1. The molecule has 24 heavy (non-hydrogen) atoms. The van der Waals surface area contributed by atoms with Gasteiger partial charge in [0.05, 0.1) is 5.92 Å². The number of hydrogen-bond acceptors (Lipinski definition) is 3. The number of ether oxygens (including phenoxy) is 1. The van der Waals surface area contributed by atoms with Crippen molar-refractivity contribution in [3.05, 3.63) is 12.2 Å². The fourth-order valence-corrected chi connectivity index (χ4v) is 6.18. The largest absolute Gasteiger partial charge is 0.462 e. The highest BCUT2D eigenvalue weighted by molar-refractivity contribution is 5.75. The first-order valence-corrected chi connectivity index (χ1v) is 10.3. The third-order valence-electron chi connectivity index (χ3n) is 7.29. The quantitative estimate of drug-likeness (QED) is 0.612. The van der Waals surface area contributed by atoms with Crippen molar-refractivity contribution in [2.24, 2.45) is 29.6 Å². The molecule has 2 heterocycles. The SMILES string of the molecule is C[C@@H]1CCC[C@H](/C=C/[C@@H]2[C@H]3CCCC[C@@H]3C[C@@H]3C(=O)O[C@@H](C)[C@H]23)N1. The van der Waals surface area contributed by atoms with Crippen molar-refractivity contribution >= 4 is 5.97 Å². The average molecular weight is 332 g/mol. The summed E-state index contributed by atoms with van der Waals surface area (Å²) in [6.45, 7) is 4.41. The van der Waals surface area contributed by atoms with Gasteiger partial charge in [0.15, 0.2) is 0 Å². The predicted octanol–water partition coefficient (Wildman–Crippen LogP) is 4.08. The molecule has 0 aromatic heterocycles. The monoisotopic (exact) mass is 331 g/mol. The number of fused-ring (bicyclic) bond motifs is 2. The van der Waals surface area contributed by atoms with Crippen LogP contribution in [0.5, 0.6) is 0 Å². The number of piperidine rings is 1. The van der Waals surface area contributed by atoms with Crippen LogP contribution < -0.4 is 5.32 Å². The molecule has 0 unspecified atom stereocenters. The van der Waals surface area contributed by atoms with Gasteiger partial charge in [-0.2, -0.15) is 0 Å². The molecule has 0 amide bonds. The van der Waals surface area contributed by atoms with E-state index < -0.39 is 0 Å². The lowest BCUT2D eigenvalue weighted by molar-refractivity contribution is -0.144. The molecular formula is C21H33NO2. The fourth-order valence-electron chi connectivity index (χ4n) is 6.18. The van der Waals surface area contributed by atoms with Crippen molar-refractivity contribution in [3.8, 4) is 0 Å². The van der Waals surface area contributed by atoms with Crippen LogP contribution in [0.3, 0.4) is 0 Å². The van der Waals surface area contributed by atoms with E-state index in [2.05, 4.69) is 31.3 Å². The van der Waals surface area contributed by atoms with E-state index in [1.54, 1.807) is 0 Å². The zero-order valence-corrected chi connectivity index (χ0v) is 15.2. The van der Waals surface area contributed by atoms with E-state index in [4.69, 9.17) is 4.74 Å². The lowest BCUT2D eigenvalue weighted by atomic mass is 9.57. The second kappa shape index (κ2) is 6.82. The van der Waals surface area contributed by atoms with E-state index in [-0.39, 0.29) is 18.0 Å². The highest BCUT2D eigenvalue weighted by atomic mass is 16.6. The molecule has 0 aromatic carbocycles. The molecule has 0 bridgehead atoms. The van der Waals surface area contributed by atoms with Gasteiger partial charge in [-0.25, -0.2) is 0 Å². The number of hydrogen-bond donors (Lipinski definition) is 1. The maximum atomic E-state index is 12.3. The highest BCUT2D eigenvalue weighted by Gasteiger charge is 2.53. The van der Waals surface area contributed by atoms with Crippen LogP contribution in [0.2, 0.25) is 0 Å². The Bertz CT molecular complexity index is 502. The van der Waals surface area contributed by atoms with Crippen LogP contribution in [0, 0.1) is 29.6 Å². The summed E-state index contributed by atoms with van der Waals surface area (Å²) >= 11 is 0. The van der Waals surface area contributed by atoms with Gasteiger partial charge in [-0.3, -0.25) is 4.79 Å². The van der Waals surface area contributed by atoms with Crippen LogP contribution in [-0.4, -0.2) is 24.2 Å². The molecule has 1 N–H and O–H groups in total. The van der Waals surface area contributed by atoms with Gasteiger partial charge < -0.3 is 10.1 Å².